The molecule has 0 bridgehead atoms. The van der Waals surface area contributed by atoms with Crippen molar-refractivity contribution in [1.29, 1.82) is 0 Å². The smallest absolute Gasteiger partial charge is 0.320 e. The Kier molecular flexibility index (Phi) is 7.03. The SMILES string of the molecule is CC(C)CCNC(=O)NC(=S)NC(C)C.[HH].[HH].[HH]. The monoisotopic (exact) mass is 237 g/mol. The fourth-order valence-corrected chi connectivity index (χ4v) is 1.25. The van der Waals surface area contributed by atoms with Crippen molar-refractivity contribution < 1.29 is 9.07 Å². The van der Waals surface area contributed by atoms with Gasteiger partial charge < -0.3 is 10.6 Å². The van der Waals surface area contributed by atoms with Crippen molar-refractivity contribution in [1.82, 2.24) is 16.0 Å². The third-order valence-electron chi connectivity index (χ3n) is 1.65. The van der Waals surface area contributed by atoms with Crippen molar-refractivity contribution in [2.75, 3.05) is 6.54 Å². The summed E-state index contributed by atoms with van der Waals surface area (Å²) in [6.07, 6.45) is 0.970. The van der Waals surface area contributed by atoms with Crippen molar-refractivity contribution in [3.8, 4) is 0 Å². The maximum atomic E-state index is 11.3. The van der Waals surface area contributed by atoms with Crippen LogP contribution in [0.4, 0.5) is 4.79 Å². The first-order valence-corrected chi connectivity index (χ1v) is 5.68. The molecule has 0 aromatic rings. The zero-order valence-corrected chi connectivity index (χ0v) is 10.7. The Morgan fingerprint density at radius 1 is 1.33 bits per heavy atom. The van der Waals surface area contributed by atoms with Gasteiger partial charge >= 0.3 is 6.03 Å². The number of thiocarbonyl (C=S) groups is 1. The molecule has 0 atom stereocenters. The zero-order chi connectivity index (χ0) is 11.8. The molecule has 0 fully saturated rings. The van der Waals surface area contributed by atoms with E-state index in [9.17, 15) is 4.79 Å². The summed E-state index contributed by atoms with van der Waals surface area (Å²) in [7, 11) is 0. The topological polar surface area (TPSA) is 53.2 Å². The minimum absolute atomic E-state index is 0. The van der Waals surface area contributed by atoms with E-state index in [1.807, 2.05) is 13.8 Å². The molecule has 5 heteroatoms. The lowest BCUT2D eigenvalue weighted by Crippen LogP contribution is -2.46. The van der Waals surface area contributed by atoms with Crippen LogP contribution >= 0.6 is 12.2 Å². The highest BCUT2D eigenvalue weighted by Gasteiger charge is 2.04. The van der Waals surface area contributed by atoms with Gasteiger partial charge in [-0.1, -0.05) is 13.8 Å². The van der Waals surface area contributed by atoms with E-state index in [0.29, 0.717) is 17.6 Å². The standard InChI is InChI=1S/C10H21N3OS.3H2/c1-7(2)5-6-11-9(14)13-10(15)12-8(3)4;;;/h7-8H,5-6H2,1-4H3,(H3,11,12,13,14,15);3*1H. The van der Waals surface area contributed by atoms with E-state index in [2.05, 4.69) is 29.8 Å². The van der Waals surface area contributed by atoms with E-state index in [1.54, 1.807) is 0 Å². The lowest BCUT2D eigenvalue weighted by molar-refractivity contribution is 0.244. The second-order valence-corrected chi connectivity index (χ2v) is 4.60. The van der Waals surface area contributed by atoms with Crippen molar-refractivity contribution in [3.63, 3.8) is 0 Å². The summed E-state index contributed by atoms with van der Waals surface area (Å²) >= 11 is 4.93. The maximum Gasteiger partial charge on any atom is 0.320 e. The van der Waals surface area contributed by atoms with E-state index < -0.39 is 0 Å². The average Bonchev–Trinajstić information content (AvgIpc) is 2.00. The molecule has 0 saturated carbocycles. The Bertz CT molecular complexity index is 228. The van der Waals surface area contributed by atoms with Crippen LogP contribution in [0.15, 0.2) is 0 Å². The molecule has 0 aromatic heterocycles. The molecule has 0 spiro atoms. The molecule has 15 heavy (non-hydrogen) atoms. The number of hydrogen-bond donors (Lipinski definition) is 3. The quantitative estimate of drug-likeness (QED) is 0.658. The number of amides is 2. The Morgan fingerprint density at radius 3 is 2.40 bits per heavy atom. The normalized spacial score (nSPS) is 10.3. The minimum Gasteiger partial charge on any atom is -0.360 e. The number of hydrogen-bond acceptors (Lipinski definition) is 2. The lowest BCUT2D eigenvalue weighted by atomic mass is 10.1. The van der Waals surface area contributed by atoms with E-state index >= 15 is 0 Å². The molecule has 0 rings (SSSR count). The number of urea groups is 1. The molecule has 4 nitrogen and oxygen atoms in total. The van der Waals surface area contributed by atoms with Gasteiger partial charge in [0.1, 0.15) is 0 Å². The van der Waals surface area contributed by atoms with Gasteiger partial charge in [0.05, 0.1) is 0 Å². The van der Waals surface area contributed by atoms with E-state index in [4.69, 9.17) is 12.2 Å². The maximum absolute atomic E-state index is 11.3. The molecule has 0 saturated heterocycles. The highest BCUT2D eigenvalue weighted by Crippen LogP contribution is 1.95. The largest absolute Gasteiger partial charge is 0.360 e. The third-order valence-corrected chi connectivity index (χ3v) is 1.87. The van der Waals surface area contributed by atoms with E-state index in [1.165, 1.54) is 0 Å². The molecular formula is C10H27N3OS. The second-order valence-electron chi connectivity index (χ2n) is 4.19. The number of carbonyl (C=O) groups is 1. The summed E-state index contributed by atoms with van der Waals surface area (Å²) < 4.78 is 0. The average molecular weight is 237 g/mol. The van der Waals surface area contributed by atoms with Gasteiger partial charge in [-0.25, -0.2) is 4.79 Å². The van der Waals surface area contributed by atoms with Crippen molar-refractivity contribution in [2.45, 2.75) is 40.2 Å². The molecule has 0 aliphatic heterocycles. The predicted molar refractivity (Wildman–Crippen MR) is 73.2 cm³/mol. The summed E-state index contributed by atoms with van der Waals surface area (Å²) in [5.74, 6) is 0.589. The van der Waals surface area contributed by atoms with Crippen molar-refractivity contribution >= 4 is 23.4 Å². The molecule has 0 aliphatic carbocycles. The number of rotatable bonds is 4. The highest BCUT2D eigenvalue weighted by atomic mass is 32.1. The van der Waals surface area contributed by atoms with Crippen LogP contribution in [0.1, 0.15) is 38.4 Å². The first kappa shape index (κ1) is 14.2. The summed E-state index contributed by atoms with van der Waals surface area (Å²) in [4.78, 5) is 11.3. The van der Waals surface area contributed by atoms with Gasteiger partial charge in [-0.2, -0.15) is 0 Å². The first-order valence-electron chi connectivity index (χ1n) is 5.27. The van der Waals surface area contributed by atoms with Crippen molar-refractivity contribution in [2.24, 2.45) is 5.92 Å². The summed E-state index contributed by atoms with van der Waals surface area (Å²) in [5, 5.41) is 8.60. The number of carbonyl (C=O) groups excluding carboxylic acids is 1. The van der Waals surface area contributed by atoms with Gasteiger partial charge in [-0.15, -0.1) is 0 Å². The summed E-state index contributed by atoms with van der Waals surface area (Å²) in [6.45, 7) is 8.83. The fraction of sp³-hybridized carbons (Fsp3) is 0.800. The minimum atomic E-state index is -0.242. The number of nitrogens with one attached hydrogen (secondary N) is 3. The van der Waals surface area contributed by atoms with Crippen LogP contribution < -0.4 is 16.0 Å². The summed E-state index contributed by atoms with van der Waals surface area (Å²) in [5.41, 5.74) is 0. The van der Waals surface area contributed by atoms with E-state index in [0.717, 1.165) is 6.42 Å². The van der Waals surface area contributed by atoms with Crippen LogP contribution in [0.25, 0.3) is 0 Å². The fourth-order valence-electron chi connectivity index (χ4n) is 0.920. The van der Waals surface area contributed by atoms with Gasteiger partial charge in [0.2, 0.25) is 0 Å². The molecule has 94 valence electrons. The molecule has 0 unspecified atom stereocenters. The lowest BCUT2D eigenvalue weighted by Gasteiger charge is -2.13. The molecule has 3 N–H and O–H groups in total. The van der Waals surface area contributed by atoms with Gasteiger partial charge in [0.25, 0.3) is 0 Å². The first-order chi connectivity index (χ1) is 6.91. The highest BCUT2D eigenvalue weighted by molar-refractivity contribution is 7.80. The van der Waals surface area contributed by atoms with Crippen LogP contribution in [0, 0.1) is 5.92 Å². The van der Waals surface area contributed by atoms with Crippen LogP contribution in [0.2, 0.25) is 0 Å². The molecule has 0 radical (unpaired) electrons. The Hall–Kier alpha value is -0.840. The molecule has 2 amide bonds. The molecule has 0 heterocycles. The van der Waals surface area contributed by atoms with E-state index in [-0.39, 0.29) is 16.4 Å². The molecular weight excluding hydrogens is 210 g/mol. The zero-order valence-electron chi connectivity index (χ0n) is 9.89. The Balaban J connectivity index is -0.000000327. The molecule has 0 aromatic carbocycles. The third kappa shape index (κ3) is 9.46. The molecule has 0 aliphatic rings. The Morgan fingerprint density at radius 2 is 1.93 bits per heavy atom. The van der Waals surface area contributed by atoms with Crippen LogP contribution in [-0.4, -0.2) is 23.7 Å². The van der Waals surface area contributed by atoms with Gasteiger partial charge in [-0.3, -0.25) is 5.32 Å². The summed E-state index contributed by atoms with van der Waals surface area (Å²) in [6, 6.07) is -0.0118. The van der Waals surface area contributed by atoms with Gasteiger partial charge in [0, 0.05) is 16.9 Å². The van der Waals surface area contributed by atoms with Crippen LogP contribution in [0.5, 0.6) is 0 Å². The van der Waals surface area contributed by atoms with Crippen molar-refractivity contribution in [3.05, 3.63) is 0 Å². The van der Waals surface area contributed by atoms with Gasteiger partial charge in [-0.05, 0) is 38.4 Å². The van der Waals surface area contributed by atoms with Crippen LogP contribution in [-0.2, 0) is 0 Å². The van der Waals surface area contributed by atoms with Gasteiger partial charge in [0.15, 0.2) is 5.11 Å². The predicted octanol–water partition coefficient (Wildman–Crippen LogP) is 2.35. The second kappa shape index (κ2) is 7.45. The Labute approximate surface area is 102 Å². The van der Waals surface area contributed by atoms with Crippen LogP contribution in [0.3, 0.4) is 0 Å².